The summed E-state index contributed by atoms with van der Waals surface area (Å²) in [6.45, 7) is 3.34. The van der Waals surface area contributed by atoms with E-state index in [1.165, 1.54) is 12.1 Å². The quantitative estimate of drug-likeness (QED) is 0.277. The van der Waals surface area contributed by atoms with Crippen LogP contribution in [0.3, 0.4) is 0 Å². The molecule has 0 heterocycles. The average molecular weight is 654 g/mol. The maximum atomic E-state index is 17.2. The SMILES string of the molecule is CC[C@]1(O)CC[C@H]2[C@H]3C(=C4C(=CC(=O)C(F)C4F)C(F)C3F)[C@@H](c3ccc(C#CCOC(=O)NCc4ccccc4)cc3)C(F)[C@@]21C. The number of hydrogen-bond acceptors (Lipinski definition) is 4. The molecule has 4 aliphatic carbocycles. The number of fused-ring (bicyclic) bond motifs is 4. The second-order valence-corrected chi connectivity index (χ2v) is 13.1. The number of rotatable bonds is 5. The van der Waals surface area contributed by atoms with E-state index in [0.717, 1.165) is 5.56 Å². The van der Waals surface area contributed by atoms with Gasteiger partial charge >= 0.3 is 6.09 Å². The van der Waals surface area contributed by atoms with Gasteiger partial charge in [-0.2, -0.15) is 0 Å². The van der Waals surface area contributed by atoms with Gasteiger partial charge in [-0.15, -0.1) is 0 Å². The van der Waals surface area contributed by atoms with E-state index in [2.05, 4.69) is 17.2 Å². The number of carbonyl (C=O) groups is 2. The van der Waals surface area contributed by atoms with E-state index in [-0.39, 0.29) is 38.0 Å². The molecular formula is C37H36F5NO4. The van der Waals surface area contributed by atoms with Gasteiger partial charge in [-0.1, -0.05) is 68.2 Å². The van der Waals surface area contributed by atoms with Crippen molar-refractivity contribution < 1.29 is 41.4 Å². The zero-order valence-electron chi connectivity index (χ0n) is 26.0. The summed E-state index contributed by atoms with van der Waals surface area (Å²) in [7, 11) is 0. The van der Waals surface area contributed by atoms with Gasteiger partial charge in [0.15, 0.2) is 30.9 Å². The van der Waals surface area contributed by atoms with Gasteiger partial charge in [0.05, 0.1) is 5.60 Å². The second kappa shape index (κ2) is 12.6. The lowest BCUT2D eigenvalue weighted by Gasteiger charge is -2.57. The molecule has 2 fully saturated rings. The molecule has 2 saturated carbocycles. The van der Waals surface area contributed by atoms with E-state index < -0.39 is 82.7 Å². The van der Waals surface area contributed by atoms with Crippen molar-refractivity contribution in [3.05, 3.63) is 94.1 Å². The Kier molecular flexibility index (Phi) is 8.81. The minimum atomic E-state index is -2.62. The zero-order valence-corrected chi connectivity index (χ0v) is 26.0. The molecule has 0 saturated heterocycles. The Morgan fingerprint density at radius 1 is 1.02 bits per heavy atom. The van der Waals surface area contributed by atoms with Crippen molar-refractivity contribution in [2.45, 2.75) is 82.0 Å². The highest BCUT2D eigenvalue weighted by Gasteiger charge is 2.70. The molecule has 0 bridgehead atoms. The Balaban J connectivity index is 1.31. The van der Waals surface area contributed by atoms with Crippen molar-refractivity contribution in [1.29, 1.82) is 0 Å². The van der Waals surface area contributed by atoms with E-state index in [9.17, 15) is 19.1 Å². The van der Waals surface area contributed by atoms with Gasteiger partial charge in [0.2, 0.25) is 0 Å². The third-order valence-corrected chi connectivity index (χ3v) is 10.9. The number of nitrogens with one attached hydrogen (secondary N) is 1. The van der Waals surface area contributed by atoms with Crippen LogP contribution in [0, 0.1) is 29.1 Å². The fourth-order valence-electron chi connectivity index (χ4n) is 8.40. The molecule has 5 nitrogen and oxygen atoms in total. The van der Waals surface area contributed by atoms with E-state index in [1.54, 1.807) is 26.0 Å². The van der Waals surface area contributed by atoms with Crippen LogP contribution in [0.25, 0.3) is 0 Å². The molecule has 1 amide bonds. The van der Waals surface area contributed by atoms with Gasteiger partial charge in [0.25, 0.3) is 0 Å². The van der Waals surface area contributed by atoms with E-state index in [4.69, 9.17) is 4.74 Å². The molecule has 0 aliphatic heterocycles. The van der Waals surface area contributed by atoms with Crippen LogP contribution < -0.4 is 5.32 Å². The fraction of sp³-hybridized carbons (Fsp3) is 0.459. The Bertz CT molecular complexity index is 1670. The molecular weight excluding hydrogens is 617 g/mol. The molecule has 2 aromatic rings. The number of carbonyl (C=O) groups excluding carboxylic acids is 2. The number of aliphatic hydroxyl groups is 1. The Hall–Kier alpha value is -3.97. The first kappa shape index (κ1) is 33.0. The summed E-state index contributed by atoms with van der Waals surface area (Å²) in [5, 5.41) is 14.3. The van der Waals surface area contributed by atoms with Crippen LogP contribution in [0.2, 0.25) is 0 Å². The third-order valence-electron chi connectivity index (χ3n) is 10.9. The largest absolute Gasteiger partial charge is 0.436 e. The fourth-order valence-corrected chi connectivity index (χ4v) is 8.40. The monoisotopic (exact) mass is 653 g/mol. The predicted molar refractivity (Wildman–Crippen MR) is 165 cm³/mol. The Morgan fingerprint density at radius 2 is 1.72 bits per heavy atom. The van der Waals surface area contributed by atoms with Crippen LogP contribution in [0.1, 0.15) is 55.7 Å². The van der Waals surface area contributed by atoms with Crippen LogP contribution in [0.15, 0.2) is 77.4 Å². The van der Waals surface area contributed by atoms with Gasteiger partial charge in [0.1, 0.15) is 12.3 Å². The van der Waals surface area contributed by atoms with Gasteiger partial charge in [-0.3, -0.25) is 4.79 Å². The van der Waals surface area contributed by atoms with Crippen LogP contribution in [-0.2, 0) is 16.1 Å². The predicted octanol–water partition coefficient (Wildman–Crippen LogP) is 6.75. The molecule has 10 heteroatoms. The van der Waals surface area contributed by atoms with Crippen LogP contribution in [0.4, 0.5) is 26.7 Å². The first-order valence-corrected chi connectivity index (χ1v) is 15.9. The van der Waals surface area contributed by atoms with Crippen molar-refractivity contribution in [1.82, 2.24) is 5.32 Å². The van der Waals surface area contributed by atoms with E-state index in [1.807, 2.05) is 30.3 Å². The smallest absolute Gasteiger partial charge is 0.408 e. The first-order chi connectivity index (χ1) is 22.4. The highest BCUT2D eigenvalue weighted by molar-refractivity contribution is 5.98. The summed E-state index contributed by atoms with van der Waals surface area (Å²) in [5.74, 6) is 0.727. The highest BCUT2D eigenvalue weighted by Crippen LogP contribution is 2.68. The van der Waals surface area contributed by atoms with E-state index >= 15 is 17.6 Å². The number of amides is 1. The van der Waals surface area contributed by atoms with Crippen molar-refractivity contribution in [2.75, 3.05) is 6.61 Å². The van der Waals surface area contributed by atoms with Crippen molar-refractivity contribution in [3.63, 3.8) is 0 Å². The topological polar surface area (TPSA) is 75.6 Å². The normalized spacial score (nSPS) is 35.9. The average Bonchev–Trinajstić information content (AvgIpc) is 3.35. The molecule has 5 unspecified atom stereocenters. The van der Waals surface area contributed by atoms with Crippen molar-refractivity contribution >= 4 is 11.9 Å². The molecule has 248 valence electrons. The Morgan fingerprint density at radius 3 is 2.40 bits per heavy atom. The lowest BCUT2D eigenvalue weighted by Crippen LogP contribution is -2.61. The highest BCUT2D eigenvalue weighted by atomic mass is 19.2. The lowest BCUT2D eigenvalue weighted by molar-refractivity contribution is -0.143. The standard InChI is InChI=1S/C37H36F5NO4/c1-3-37(46)16-15-24-28-29(27-23(30(38)33(28)41)18-25(44)31(39)32(27)40)26(34(42)36(24,37)2)22-13-11-20(12-14-22)10-7-17-47-35(45)43-19-21-8-5-4-6-9-21/h4-6,8-9,11-14,18,24,26,28,30-34,46H,3,15-17,19H2,1-2H3,(H,43,45)/t24-,26+,28-,30?,31?,32?,33?,34?,36+,37-/m0/s1. The first-order valence-electron chi connectivity index (χ1n) is 15.9. The number of ketones is 1. The molecule has 10 atom stereocenters. The maximum Gasteiger partial charge on any atom is 0.408 e. The van der Waals surface area contributed by atoms with Crippen LogP contribution in [-0.4, -0.2) is 60.0 Å². The lowest BCUT2D eigenvalue weighted by atomic mass is 9.49. The molecule has 6 rings (SSSR count). The van der Waals surface area contributed by atoms with Crippen LogP contribution >= 0.6 is 0 Å². The summed E-state index contributed by atoms with van der Waals surface area (Å²) in [6, 6.07) is 15.5. The van der Waals surface area contributed by atoms with Gasteiger partial charge in [-0.25, -0.2) is 26.7 Å². The van der Waals surface area contributed by atoms with Crippen LogP contribution in [0.5, 0.6) is 0 Å². The van der Waals surface area contributed by atoms with Gasteiger partial charge in [-0.05, 0) is 71.2 Å². The molecule has 2 aromatic carbocycles. The summed E-state index contributed by atoms with van der Waals surface area (Å²) < 4.78 is 84.8. The molecule has 0 aromatic heterocycles. The summed E-state index contributed by atoms with van der Waals surface area (Å²) in [5.41, 5.74) is -2.51. The number of benzene rings is 2. The van der Waals surface area contributed by atoms with Gasteiger partial charge < -0.3 is 15.2 Å². The molecule has 2 N–H and O–H groups in total. The number of halogens is 5. The second-order valence-electron chi connectivity index (χ2n) is 13.1. The molecule has 4 aliphatic rings. The van der Waals surface area contributed by atoms with Crippen molar-refractivity contribution in [2.24, 2.45) is 17.3 Å². The number of hydrogen-bond donors (Lipinski definition) is 2. The zero-order chi connectivity index (χ0) is 33.7. The summed E-state index contributed by atoms with van der Waals surface area (Å²) in [4.78, 5) is 24.2. The minimum Gasteiger partial charge on any atom is -0.436 e. The molecule has 47 heavy (non-hydrogen) atoms. The minimum absolute atomic E-state index is 0.0793. The maximum absolute atomic E-state index is 17.2. The number of ether oxygens (including phenoxy) is 1. The van der Waals surface area contributed by atoms with E-state index in [0.29, 0.717) is 17.2 Å². The summed E-state index contributed by atoms with van der Waals surface area (Å²) in [6.07, 6.45) is -11.2. The molecule has 0 spiro atoms. The third kappa shape index (κ3) is 5.37. The number of alkyl carbamates (subject to hydrolysis) is 1. The van der Waals surface area contributed by atoms with Gasteiger partial charge in [0, 0.05) is 29.4 Å². The molecule has 0 radical (unpaired) electrons. The Labute approximate surface area is 270 Å². The number of alkyl halides is 5. The number of allylic oxidation sites excluding steroid dienone is 4. The summed E-state index contributed by atoms with van der Waals surface area (Å²) >= 11 is 0. The van der Waals surface area contributed by atoms with Crippen molar-refractivity contribution in [3.8, 4) is 11.8 Å².